The van der Waals surface area contributed by atoms with Crippen LogP contribution in [0.3, 0.4) is 0 Å². The average molecular weight is 281 g/mol. The van der Waals surface area contributed by atoms with E-state index in [4.69, 9.17) is 0 Å². The minimum atomic E-state index is -0.161. The summed E-state index contributed by atoms with van der Waals surface area (Å²) in [6.45, 7) is 5.31. The predicted octanol–water partition coefficient (Wildman–Crippen LogP) is 2.77. The number of hydrogen-bond donors (Lipinski definition) is 2. The van der Waals surface area contributed by atoms with Crippen LogP contribution in [0.15, 0.2) is 18.3 Å². The fourth-order valence-electron chi connectivity index (χ4n) is 1.92. The fourth-order valence-corrected chi connectivity index (χ4v) is 2.71. The molecule has 0 bridgehead atoms. The highest BCUT2D eigenvalue weighted by Gasteiger charge is 2.24. The quantitative estimate of drug-likeness (QED) is 0.807. The van der Waals surface area contributed by atoms with Gasteiger partial charge in [-0.05, 0) is 31.2 Å². The molecule has 0 saturated heterocycles. The number of hydrogen-bond acceptors (Lipinski definition) is 4. The van der Waals surface area contributed by atoms with Gasteiger partial charge >= 0.3 is 0 Å². The minimum absolute atomic E-state index is 0.161. The molecule has 5 heteroatoms. The van der Waals surface area contributed by atoms with E-state index in [1.807, 2.05) is 17.8 Å². The molecule has 0 aromatic carbocycles. The fraction of sp³-hybridized carbons (Fsp3) is 0.571. The van der Waals surface area contributed by atoms with Gasteiger partial charge in [-0.15, -0.1) is 0 Å². The van der Waals surface area contributed by atoms with Crippen LogP contribution in [-0.4, -0.2) is 35.5 Å². The first-order valence-corrected chi connectivity index (χ1v) is 7.80. The molecule has 0 aliphatic heterocycles. The Morgan fingerprint density at radius 1 is 1.42 bits per heavy atom. The smallest absolute Gasteiger partial charge is 0.269 e. The van der Waals surface area contributed by atoms with Crippen molar-refractivity contribution in [1.82, 2.24) is 10.3 Å². The van der Waals surface area contributed by atoms with Crippen LogP contribution in [0.4, 0.5) is 5.69 Å². The van der Waals surface area contributed by atoms with Crippen molar-refractivity contribution < 1.29 is 4.79 Å². The number of pyridine rings is 1. The van der Waals surface area contributed by atoms with Gasteiger partial charge in [0.2, 0.25) is 0 Å². The van der Waals surface area contributed by atoms with E-state index in [-0.39, 0.29) is 10.7 Å². The van der Waals surface area contributed by atoms with Gasteiger partial charge in [0.15, 0.2) is 0 Å². The van der Waals surface area contributed by atoms with Crippen molar-refractivity contribution in [1.29, 1.82) is 0 Å². The second kappa shape index (κ2) is 7.38. The third-order valence-electron chi connectivity index (χ3n) is 3.56. The van der Waals surface area contributed by atoms with E-state index in [0.29, 0.717) is 5.69 Å². The third kappa shape index (κ3) is 4.13. The number of nitrogens with one attached hydrogen (secondary N) is 2. The molecule has 4 nitrogen and oxygen atoms in total. The summed E-state index contributed by atoms with van der Waals surface area (Å²) in [5.41, 5.74) is 1.38. The van der Waals surface area contributed by atoms with Gasteiger partial charge in [0.05, 0.1) is 0 Å². The van der Waals surface area contributed by atoms with Gasteiger partial charge in [0.25, 0.3) is 5.91 Å². The molecular weight excluding hydrogens is 258 g/mol. The van der Waals surface area contributed by atoms with Crippen LogP contribution in [0.2, 0.25) is 0 Å². The molecule has 0 radical (unpaired) electrons. The Hall–Kier alpha value is -1.23. The first kappa shape index (κ1) is 15.8. The molecule has 2 N–H and O–H groups in total. The Morgan fingerprint density at radius 2 is 2.11 bits per heavy atom. The van der Waals surface area contributed by atoms with Crippen LogP contribution in [0.1, 0.15) is 37.2 Å². The van der Waals surface area contributed by atoms with E-state index in [9.17, 15) is 4.79 Å². The second-order valence-corrected chi connectivity index (χ2v) is 5.73. The third-order valence-corrected chi connectivity index (χ3v) is 5.14. The van der Waals surface area contributed by atoms with Crippen molar-refractivity contribution in [3.8, 4) is 0 Å². The molecule has 1 aromatic heterocycles. The summed E-state index contributed by atoms with van der Waals surface area (Å²) in [5.74, 6) is -0.161. The SMILES string of the molecule is CCC(CC)(CNc1ccnc(C(=O)NC)c1)SC. The molecule has 19 heavy (non-hydrogen) atoms. The van der Waals surface area contributed by atoms with Crippen molar-refractivity contribution in [2.45, 2.75) is 31.4 Å². The summed E-state index contributed by atoms with van der Waals surface area (Å²) >= 11 is 1.89. The number of carbonyl (C=O) groups is 1. The zero-order valence-electron chi connectivity index (χ0n) is 12.1. The van der Waals surface area contributed by atoms with Crippen LogP contribution < -0.4 is 10.6 Å². The summed E-state index contributed by atoms with van der Waals surface area (Å²) in [6, 6.07) is 3.68. The molecule has 0 aliphatic rings. The highest BCUT2D eigenvalue weighted by Crippen LogP contribution is 2.30. The summed E-state index contributed by atoms with van der Waals surface area (Å²) in [4.78, 5) is 15.6. The highest BCUT2D eigenvalue weighted by atomic mass is 32.2. The van der Waals surface area contributed by atoms with Crippen LogP contribution in [0, 0.1) is 0 Å². The molecule has 106 valence electrons. The Labute approximate surface area is 119 Å². The van der Waals surface area contributed by atoms with Crippen molar-refractivity contribution >= 4 is 23.4 Å². The van der Waals surface area contributed by atoms with E-state index in [2.05, 4.69) is 35.7 Å². The van der Waals surface area contributed by atoms with Gasteiger partial charge in [0.1, 0.15) is 5.69 Å². The van der Waals surface area contributed by atoms with Crippen LogP contribution in [0.5, 0.6) is 0 Å². The lowest BCUT2D eigenvalue weighted by molar-refractivity contribution is 0.0958. The minimum Gasteiger partial charge on any atom is -0.384 e. The van der Waals surface area contributed by atoms with Gasteiger partial charge in [-0.2, -0.15) is 11.8 Å². The Morgan fingerprint density at radius 3 is 2.63 bits per heavy atom. The maximum Gasteiger partial charge on any atom is 0.269 e. The topological polar surface area (TPSA) is 54.0 Å². The van der Waals surface area contributed by atoms with E-state index < -0.39 is 0 Å². The lowest BCUT2D eigenvalue weighted by Crippen LogP contribution is -2.32. The predicted molar refractivity (Wildman–Crippen MR) is 82.9 cm³/mol. The lowest BCUT2D eigenvalue weighted by atomic mass is 10.0. The molecule has 0 fully saturated rings. The number of nitrogens with zero attached hydrogens (tertiary/aromatic N) is 1. The van der Waals surface area contributed by atoms with Crippen molar-refractivity contribution in [3.63, 3.8) is 0 Å². The van der Waals surface area contributed by atoms with E-state index in [1.165, 1.54) is 0 Å². The van der Waals surface area contributed by atoms with Crippen molar-refractivity contribution in [2.75, 3.05) is 25.2 Å². The Bertz CT molecular complexity index is 411. The summed E-state index contributed by atoms with van der Waals surface area (Å²) in [6.07, 6.45) is 6.04. The van der Waals surface area contributed by atoms with Crippen LogP contribution in [-0.2, 0) is 0 Å². The van der Waals surface area contributed by atoms with E-state index in [1.54, 1.807) is 19.3 Å². The monoisotopic (exact) mass is 281 g/mol. The van der Waals surface area contributed by atoms with E-state index >= 15 is 0 Å². The molecule has 1 amide bonds. The molecule has 0 unspecified atom stereocenters. The van der Waals surface area contributed by atoms with Crippen molar-refractivity contribution in [3.05, 3.63) is 24.0 Å². The lowest BCUT2D eigenvalue weighted by Gasteiger charge is -2.30. The molecular formula is C14H23N3OS. The summed E-state index contributed by atoms with van der Waals surface area (Å²) in [7, 11) is 1.61. The van der Waals surface area contributed by atoms with Crippen molar-refractivity contribution in [2.24, 2.45) is 0 Å². The maximum atomic E-state index is 11.5. The molecule has 0 spiro atoms. The Balaban J connectivity index is 2.75. The molecule has 0 aliphatic carbocycles. The molecule has 0 saturated carbocycles. The maximum absolute atomic E-state index is 11.5. The number of carbonyl (C=O) groups excluding carboxylic acids is 1. The average Bonchev–Trinajstić information content (AvgIpc) is 2.48. The number of rotatable bonds is 7. The van der Waals surface area contributed by atoms with Crippen LogP contribution >= 0.6 is 11.8 Å². The van der Waals surface area contributed by atoms with E-state index in [0.717, 1.165) is 25.1 Å². The standard InChI is InChI=1S/C14H23N3OS/c1-5-14(6-2,19-4)10-17-11-7-8-16-12(9-11)13(18)15-3/h7-9H,5-6,10H2,1-4H3,(H,15,18)(H,16,17). The van der Waals surface area contributed by atoms with Gasteiger partial charge in [0, 0.05) is 30.2 Å². The largest absolute Gasteiger partial charge is 0.384 e. The highest BCUT2D eigenvalue weighted by molar-refractivity contribution is 8.00. The number of aromatic nitrogens is 1. The number of amides is 1. The molecule has 0 atom stereocenters. The molecule has 1 rings (SSSR count). The molecule has 1 heterocycles. The number of anilines is 1. The van der Waals surface area contributed by atoms with Gasteiger partial charge in [-0.25, -0.2) is 0 Å². The zero-order chi connectivity index (χ0) is 14.3. The zero-order valence-corrected chi connectivity index (χ0v) is 12.9. The van der Waals surface area contributed by atoms with Gasteiger partial charge in [-0.3, -0.25) is 9.78 Å². The number of thioether (sulfide) groups is 1. The summed E-state index contributed by atoms with van der Waals surface area (Å²) in [5, 5.41) is 6.00. The van der Waals surface area contributed by atoms with Gasteiger partial charge < -0.3 is 10.6 Å². The first-order chi connectivity index (χ1) is 9.10. The summed E-state index contributed by atoms with van der Waals surface area (Å²) < 4.78 is 0.246. The Kier molecular flexibility index (Phi) is 6.15. The van der Waals surface area contributed by atoms with Gasteiger partial charge in [-0.1, -0.05) is 13.8 Å². The molecule has 1 aromatic rings. The second-order valence-electron chi connectivity index (χ2n) is 4.46. The normalized spacial score (nSPS) is 11.2. The first-order valence-electron chi connectivity index (χ1n) is 6.58. The van der Waals surface area contributed by atoms with Crippen LogP contribution in [0.25, 0.3) is 0 Å².